The van der Waals surface area contributed by atoms with Gasteiger partial charge in [0.25, 0.3) is 0 Å². The summed E-state index contributed by atoms with van der Waals surface area (Å²) in [5.41, 5.74) is 0. The Morgan fingerprint density at radius 1 is 1.41 bits per heavy atom. The van der Waals surface area contributed by atoms with Crippen LogP contribution < -0.4 is 0 Å². The van der Waals surface area contributed by atoms with Gasteiger partial charge in [-0.05, 0) is 37.5 Å². The first-order valence-corrected chi connectivity index (χ1v) is 8.28. The Hall–Kier alpha value is -0.130. The van der Waals surface area contributed by atoms with Crippen molar-refractivity contribution in [2.45, 2.75) is 45.6 Å². The second-order valence-electron chi connectivity index (χ2n) is 5.52. The lowest BCUT2D eigenvalue weighted by atomic mass is 9.91. The molecule has 0 radical (unpaired) electrons. The maximum absolute atomic E-state index is 11.5. The van der Waals surface area contributed by atoms with Gasteiger partial charge in [0.05, 0.1) is 12.4 Å². The Morgan fingerprint density at radius 3 is 2.59 bits per heavy atom. The highest BCUT2D eigenvalue weighted by atomic mass is 32.2. The highest BCUT2D eigenvalue weighted by molar-refractivity contribution is 7.88. The van der Waals surface area contributed by atoms with Gasteiger partial charge in [0.1, 0.15) is 0 Å². The van der Waals surface area contributed by atoms with Crippen molar-refractivity contribution in [1.29, 1.82) is 0 Å². The second-order valence-corrected chi connectivity index (χ2v) is 7.50. The third kappa shape index (κ3) is 4.94. The van der Waals surface area contributed by atoms with E-state index in [1.165, 1.54) is 6.26 Å². The summed E-state index contributed by atoms with van der Waals surface area (Å²) in [6, 6.07) is 0. The van der Waals surface area contributed by atoms with Crippen LogP contribution in [-0.2, 0) is 10.0 Å². The molecule has 102 valence electrons. The zero-order valence-electron chi connectivity index (χ0n) is 11.1. The second kappa shape index (κ2) is 6.16. The highest BCUT2D eigenvalue weighted by Crippen LogP contribution is 2.24. The van der Waals surface area contributed by atoms with Crippen molar-refractivity contribution < 1.29 is 13.5 Å². The van der Waals surface area contributed by atoms with Crippen LogP contribution in [-0.4, -0.2) is 43.3 Å². The average Bonchev–Trinajstić information content (AvgIpc) is 2.25. The third-order valence-corrected chi connectivity index (χ3v) is 4.86. The van der Waals surface area contributed by atoms with Crippen molar-refractivity contribution in [1.82, 2.24) is 4.31 Å². The summed E-state index contributed by atoms with van der Waals surface area (Å²) in [4.78, 5) is 0. The van der Waals surface area contributed by atoms with Gasteiger partial charge in [0.15, 0.2) is 0 Å². The topological polar surface area (TPSA) is 57.6 Å². The van der Waals surface area contributed by atoms with Gasteiger partial charge in [-0.2, -0.15) is 0 Å². The van der Waals surface area contributed by atoms with E-state index in [1.54, 1.807) is 4.31 Å². The number of piperidine rings is 1. The van der Waals surface area contributed by atoms with Gasteiger partial charge in [-0.1, -0.05) is 13.8 Å². The Labute approximate surface area is 105 Å². The molecule has 1 rings (SSSR count). The molecule has 0 aromatic rings. The Kier molecular flexibility index (Phi) is 5.41. The van der Waals surface area contributed by atoms with Crippen LogP contribution in [0.4, 0.5) is 0 Å². The average molecular weight is 263 g/mol. The first-order chi connectivity index (χ1) is 7.80. The summed E-state index contributed by atoms with van der Waals surface area (Å²) in [5.74, 6) is 0.691. The van der Waals surface area contributed by atoms with E-state index in [9.17, 15) is 13.5 Å². The zero-order chi connectivity index (χ0) is 13.1. The highest BCUT2D eigenvalue weighted by Gasteiger charge is 2.26. The molecular formula is C12H25NO3S. The summed E-state index contributed by atoms with van der Waals surface area (Å²) >= 11 is 0. The summed E-state index contributed by atoms with van der Waals surface area (Å²) < 4.78 is 24.5. The van der Waals surface area contributed by atoms with E-state index in [1.807, 2.05) is 13.8 Å². The molecule has 0 saturated carbocycles. The van der Waals surface area contributed by atoms with Gasteiger partial charge in [0, 0.05) is 13.1 Å². The van der Waals surface area contributed by atoms with E-state index in [0.717, 1.165) is 25.7 Å². The van der Waals surface area contributed by atoms with Crippen molar-refractivity contribution in [2.24, 2.45) is 11.8 Å². The van der Waals surface area contributed by atoms with Crippen molar-refractivity contribution in [3.8, 4) is 0 Å². The molecule has 4 nitrogen and oxygen atoms in total. The van der Waals surface area contributed by atoms with Crippen LogP contribution in [0.25, 0.3) is 0 Å². The number of rotatable bonds is 5. The molecule has 0 amide bonds. The van der Waals surface area contributed by atoms with Crippen LogP contribution in [0.1, 0.15) is 39.5 Å². The molecule has 0 aromatic heterocycles. The van der Waals surface area contributed by atoms with Gasteiger partial charge in [0.2, 0.25) is 10.0 Å². The van der Waals surface area contributed by atoms with Crippen molar-refractivity contribution >= 4 is 10.0 Å². The minimum atomic E-state index is -3.04. The van der Waals surface area contributed by atoms with Gasteiger partial charge < -0.3 is 5.11 Å². The Morgan fingerprint density at radius 2 is 2.06 bits per heavy atom. The van der Waals surface area contributed by atoms with E-state index < -0.39 is 10.0 Å². The van der Waals surface area contributed by atoms with Crippen molar-refractivity contribution in [3.63, 3.8) is 0 Å². The maximum atomic E-state index is 11.5. The van der Waals surface area contributed by atoms with Gasteiger partial charge in [-0.3, -0.25) is 0 Å². The van der Waals surface area contributed by atoms with Crippen molar-refractivity contribution in [3.05, 3.63) is 0 Å². The van der Waals surface area contributed by atoms with Gasteiger partial charge in [-0.15, -0.1) is 0 Å². The number of nitrogens with zero attached hydrogens (tertiary/aromatic N) is 1. The molecular weight excluding hydrogens is 238 g/mol. The summed E-state index contributed by atoms with van der Waals surface area (Å²) in [6.07, 6.45) is 4.74. The van der Waals surface area contributed by atoms with E-state index in [-0.39, 0.29) is 12.0 Å². The molecule has 1 aliphatic rings. The monoisotopic (exact) mass is 263 g/mol. The van der Waals surface area contributed by atoms with Gasteiger partial charge >= 0.3 is 0 Å². The number of sulfonamides is 1. The lowest BCUT2D eigenvalue weighted by molar-refractivity contribution is 0.103. The fraction of sp³-hybridized carbons (Fsp3) is 1.00. The van der Waals surface area contributed by atoms with Crippen LogP contribution in [0.3, 0.4) is 0 Å². The predicted octanol–water partition coefficient (Wildman–Crippen LogP) is 1.46. The Bertz CT molecular complexity index is 327. The molecule has 1 aliphatic heterocycles. The van der Waals surface area contributed by atoms with Crippen LogP contribution in [0.15, 0.2) is 0 Å². The normalized spacial score (nSPS) is 25.1. The molecule has 1 N–H and O–H groups in total. The van der Waals surface area contributed by atoms with Gasteiger partial charge in [-0.25, -0.2) is 12.7 Å². The molecule has 0 spiro atoms. The van der Waals surface area contributed by atoms with Crippen LogP contribution in [0.2, 0.25) is 0 Å². The van der Waals surface area contributed by atoms with E-state index in [0.29, 0.717) is 19.0 Å². The zero-order valence-corrected chi connectivity index (χ0v) is 11.9. The molecule has 1 heterocycles. The van der Waals surface area contributed by atoms with Crippen LogP contribution in [0.5, 0.6) is 0 Å². The van der Waals surface area contributed by atoms with E-state index in [4.69, 9.17) is 0 Å². The SMILES string of the molecule is CC(C)C(O)CCC1CCCN(S(C)(=O)=O)C1. The number of aliphatic hydroxyl groups excluding tert-OH is 1. The number of aliphatic hydroxyl groups is 1. The fourth-order valence-electron chi connectivity index (χ4n) is 2.30. The van der Waals surface area contributed by atoms with Crippen molar-refractivity contribution in [2.75, 3.05) is 19.3 Å². The first kappa shape index (κ1) is 14.9. The Balaban J connectivity index is 2.40. The molecule has 0 aromatic carbocycles. The standard InChI is InChI=1S/C12H25NO3S/c1-10(2)12(14)7-6-11-5-4-8-13(9-11)17(3,15)16/h10-12,14H,4-9H2,1-3H3. The predicted molar refractivity (Wildman–Crippen MR) is 69.2 cm³/mol. The minimum absolute atomic E-state index is 0.261. The fourth-order valence-corrected chi connectivity index (χ4v) is 3.25. The molecule has 1 fully saturated rings. The molecule has 2 atom stereocenters. The molecule has 1 saturated heterocycles. The molecule has 0 bridgehead atoms. The molecule has 17 heavy (non-hydrogen) atoms. The van der Waals surface area contributed by atoms with E-state index >= 15 is 0 Å². The lowest BCUT2D eigenvalue weighted by Gasteiger charge is -2.31. The van der Waals surface area contributed by atoms with Crippen LogP contribution in [0, 0.1) is 11.8 Å². The lowest BCUT2D eigenvalue weighted by Crippen LogP contribution is -2.39. The maximum Gasteiger partial charge on any atom is 0.211 e. The third-order valence-electron chi connectivity index (χ3n) is 3.59. The smallest absolute Gasteiger partial charge is 0.211 e. The minimum Gasteiger partial charge on any atom is -0.393 e. The van der Waals surface area contributed by atoms with E-state index in [2.05, 4.69) is 0 Å². The number of hydrogen-bond acceptors (Lipinski definition) is 3. The summed E-state index contributed by atoms with van der Waals surface area (Å²) in [6.45, 7) is 5.30. The number of hydrogen-bond donors (Lipinski definition) is 1. The largest absolute Gasteiger partial charge is 0.393 e. The van der Waals surface area contributed by atoms with Crippen LogP contribution >= 0.6 is 0 Å². The molecule has 5 heteroatoms. The molecule has 0 aliphatic carbocycles. The quantitative estimate of drug-likeness (QED) is 0.817. The summed E-state index contributed by atoms with van der Waals surface area (Å²) in [5, 5.41) is 9.75. The first-order valence-electron chi connectivity index (χ1n) is 6.44. The summed E-state index contributed by atoms with van der Waals surface area (Å²) in [7, 11) is -3.04. The molecule has 2 unspecified atom stereocenters.